The molecule has 1 aliphatic heterocycles. The number of pyridine rings is 1. The number of rotatable bonds is 4. The summed E-state index contributed by atoms with van der Waals surface area (Å²) in [6.07, 6.45) is 3.02. The molecule has 5 rings (SSSR count). The summed E-state index contributed by atoms with van der Waals surface area (Å²) in [7, 11) is 0. The monoisotopic (exact) mass is 489 g/mol. The highest BCUT2D eigenvalue weighted by Crippen LogP contribution is 2.42. The Morgan fingerprint density at radius 1 is 1.17 bits per heavy atom. The summed E-state index contributed by atoms with van der Waals surface area (Å²) in [5, 5.41) is 20.7. The lowest BCUT2D eigenvalue weighted by Gasteiger charge is -2.22. The molecular formula is C30H32FNO4. The number of halogens is 1. The normalized spacial score (nSPS) is 12.8. The zero-order valence-corrected chi connectivity index (χ0v) is 21.4. The molecule has 1 aromatic heterocycles. The fourth-order valence-corrected chi connectivity index (χ4v) is 4.71. The van der Waals surface area contributed by atoms with E-state index in [1.165, 1.54) is 0 Å². The van der Waals surface area contributed by atoms with Gasteiger partial charge in [-0.1, -0.05) is 13.0 Å². The number of carboxylic acids is 1. The van der Waals surface area contributed by atoms with E-state index in [2.05, 4.69) is 4.98 Å². The second kappa shape index (κ2) is 9.86. The maximum Gasteiger partial charge on any atom is 0.307 e. The van der Waals surface area contributed by atoms with Gasteiger partial charge in [0.2, 0.25) is 0 Å². The third-order valence-corrected chi connectivity index (χ3v) is 6.19. The molecule has 0 amide bonds. The molecule has 0 atom stereocenters. The Morgan fingerprint density at radius 2 is 1.89 bits per heavy atom. The van der Waals surface area contributed by atoms with Crippen molar-refractivity contribution in [3.63, 3.8) is 0 Å². The summed E-state index contributed by atoms with van der Waals surface area (Å²) in [5.41, 5.74) is 5.16. The first kappa shape index (κ1) is 25.6. The number of aliphatic carboxylic acids is 1. The summed E-state index contributed by atoms with van der Waals surface area (Å²) in [5.74, 6) is -0.418. The molecule has 36 heavy (non-hydrogen) atoms. The fourth-order valence-electron chi connectivity index (χ4n) is 4.71. The van der Waals surface area contributed by atoms with Crippen molar-refractivity contribution in [1.82, 2.24) is 4.98 Å². The van der Waals surface area contributed by atoms with Crippen LogP contribution in [0, 0.1) is 12.7 Å². The quantitative estimate of drug-likeness (QED) is 0.347. The molecule has 1 aliphatic rings. The number of nitrogens with zero attached hydrogens (tertiary/aromatic N) is 1. The van der Waals surface area contributed by atoms with Gasteiger partial charge in [0.25, 0.3) is 0 Å². The van der Waals surface area contributed by atoms with Crippen LogP contribution in [-0.4, -0.2) is 33.4 Å². The molecule has 188 valence electrons. The van der Waals surface area contributed by atoms with Gasteiger partial charge in [-0.2, -0.15) is 0 Å². The lowest BCUT2D eigenvalue weighted by Crippen LogP contribution is -2.10. The smallest absolute Gasteiger partial charge is 0.307 e. The average molecular weight is 490 g/mol. The van der Waals surface area contributed by atoms with Crippen LogP contribution in [0.3, 0.4) is 0 Å². The van der Waals surface area contributed by atoms with E-state index in [4.69, 9.17) is 9.84 Å². The second-order valence-electron chi connectivity index (χ2n) is 10.2. The van der Waals surface area contributed by atoms with Gasteiger partial charge in [0, 0.05) is 23.6 Å². The molecule has 0 saturated carbocycles. The Kier molecular flexibility index (Phi) is 7.01. The topological polar surface area (TPSA) is 79.7 Å². The number of ether oxygens (including phenoxy) is 1. The van der Waals surface area contributed by atoms with E-state index < -0.39 is 11.6 Å². The van der Waals surface area contributed by atoms with Crippen LogP contribution in [0.5, 0.6) is 5.75 Å². The molecule has 5 nitrogen and oxygen atoms in total. The lowest BCUT2D eigenvalue weighted by atomic mass is 9.86. The molecule has 2 heterocycles. The minimum Gasteiger partial charge on any atom is -0.493 e. The highest BCUT2D eigenvalue weighted by molar-refractivity contribution is 6.08. The van der Waals surface area contributed by atoms with Crippen molar-refractivity contribution in [3.8, 4) is 16.9 Å². The van der Waals surface area contributed by atoms with Crippen molar-refractivity contribution >= 4 is 27.6 Å². The molecule has 6 heteroatoms. The van der Waals surface area contributed by atoms with Crippen LogP contribution >= 0.6 is 0 Å². The maximum atomic E-state index is 14.9. The van der Waals surface area contributed by atoms with Gasteiger partial charge in [-0.3, -0.25) is 9.78 Å². The Labute approximate surface area is 210 Å². The molecule has 0 saturated heterocycles. The SMILES string of the molecule is CC(C)(C)O.CCc1cc2cc(C)c(CC(=O)O)c(-c3ccc4c5c(ccnc35)CCO4)c2cc1F. The standard InChI is InChI=1S/C26H22FNO3.C4H10O/c1-3-15-11-17-10-14(2)19(13-23(29)30)25(20(17)12-21(15)27)18-4-5-22-24-16(7-9-31-22)6-8-28-26(18)24;1-4(2,3)5/h4-6,8,10-12H,3,7,9,13H2,1-2H3,(H,29,30);5H,1-3H3. The number of hydrogen-bond donors (Lipinski definition) is 2. The molecule has 3 aromatic carbocycles. The van der Waals surface area contributed by atoms with E-state index in [0.29, 0.717) is 29.5 Å². The highest BCUT2D eigenvalue weighted by atomic mass is 19.1. The van der Waals surface area contributed by atoms with Gasteiger partial charge in [0.1, 0.15) is 11.6 Å². The molecule has 0 spiro atoms. The molecule has 0 aliphatic carbocycles. The Hall–Kier alpha value is -3.51. The maximum absolute atomic E-state index is 14.9. The minimum atomic E-state index is -0.923. The van der Waals surface area contributed by atoms with Gasteiger partial charge in [0.05, 0.1) is 24.1 Å². The number of aryl methyl sites for hydroxylation is 2. The van der Waals surface area contributed by atoms with Gasteiger partial charge in [-0.25, -0.2) is 4.39 Å². The number of benzene rings is 3. The van der Waals surface area contributed by atoms with Crippen molar-refractivity contribution in [3.05, 3.63) is 70.7 Å². The van der Waals surface area contributed by atoms with Crippen molar-refractivity contribution in [1.29, 1.82) is 0 Å². The number of carboxylic acid groups (broad SMARTS) is 1. The minimum absolute atomic E-state index is 0.145. The molecule has 0 bridgehead atoms. The van der Waals surface area contributed by atoms with Crippen LogP contribution in [0.25, 0.3) is 32.8 Å². The van der Waals surface area contributed by atoms with Crippen LogP contribution < -0.4 is 4.74 Å². The largest absolute Gasteiger partial charge is 0.493 e. The summed E-state index contributed by atoms with van der Waals surface area (Å²) < 4.78 is 20.7. The zero-order valence-electron chi connectivity index (χ0n) is 21.4. The Bertz CT molecular complexity index is 1450. The van der Waals surface area contributed by atoms with Crippen molar-refractivity contribution < 1.29 is 24.1 Å². The Balaban J connectivity index is 0.000000556. The van der Waals surface area contributed by atoms with Crippen molar-refractivity contribution in [2.45, 2.75) is 59.5 Å². The number of carbonyl (C=O) groups is 1. The predicted molar refractivity (Wildman–Crippen MR) is 141 cm³/mol. The molecule has 4 aromatic rings. The van der Waals surface area contributed by atoms with Crippen LogP contribution in [-0.2, 0) is 24.1 Å². The first-order valence-corrected chi connectivity index (χ1v) is 12.2. The summed E-state index contributed by atoms with van der Waals surface area (Å²) in [4.78, 5) is 16.4. The summed E-state index contributed by atoms with van der Waals surface area (Å²) in [6, 6.07) is 11.2. The third-order valence-electron chi connectivity index (χ3n) is 6.19. The van der Waals surface area contributed by atoms with E-state index in [9.17, 15) is 14.3 Å². The van der Waals surface area contributed by atoms with Gasteiger partial charge >= 0.3 is 5.97 Å². The molecule has 0 radical (unpaired) electrons. The second-order valence-corrected chi connectivity index (χ2v) is 10.2. The number of aromatic nitrogens is 1. The van der Waals surface area contributed by atoms with E-state index in [-0.39, 0.29) is 12.2 Å². The number of hydrogen-bond acceptors (Lipinski definition) is 4. The van der Waals surface area contributed by atoms with Crippen molar-refractivity contribution in [2.24, 2.45) is 0 Å². The van der Waals surface area contributed by atoms with Gasteiger partial charge in [-0.15, -0.1) is 0 Å². The fraction of sp³-hybridized carbons (Fsp3) is 0.333. The van der Waals surface area contributed by atoms with Gasteiger partial charge in [0.15, 0.2) is 0 Å². The summed E-state index contributed by atoms with van der Waals surface area (Å²) in [6.45, 7) is 9.69. The average Bonchev–Trinajstić information content (AvgIpc) is 2.79. The van der Waals surface area contributed by atoms with Crippen molar-refractivity contribution in [2.75, 3.05) is 6.61 Å². The zero-order chi connectivity index (χ0) is 26.2. The van der Waals surface area contributed by atoms with Crippen LogP contribution in [0.4, 0.5) is 4.39 Å². The lowest BCUT2D eigenvalue weighted by molar-refractivity contribution is -0.136. The number of aliphatic hydroxyl groups is 1. The van der Waals surface area contributed by atoms with E-state index in [1.54, 1.807) is 33.0 Å². The predicted octanol–water partition coefficient (Wildman–Crippen LogP) is 6.40. The van der Waals surface area contributed by atoms with E-state index >= 15 is 0 Å². The van der Waals surface area contributed by atoms with Gasteiger partial charge < -0.3 is 14.9 Å². The van der Waals surface area contributed by atoms with Crippen LogP contribution in [0.2, 0.25) is 0 Å². The summed E-state index contributed by atoms with van der Waals surface area (Å²) >= 11 is 0. The molecular weight excluding hydrogens is 457 g/mol. The molecule has 2 N–H and O–H groups in total. The Morgan fingerprint density at radius 3 is 2.56 bits per heavy atom. The first-order valence-electron chi connectivity index (χ1n) is 12.2. The van der Waals surface area contributed by atoms with E-state index in [0.717, 1.165) is 50.7 Å². The van der Waals surface area contributed by atoms with Crippen LogP contribution in [0.15, 0.2) is 42.6 Å². The third kappa shape index (κ3) is 5.19. The van der Waals surface area contributed by atoms with Gasteiger partial charge in [-0.05, 0) is 103 Å². The molecule has 0 fully saturated rings. The van der Waals surface area contributed by atoms with Crippen LogP contribution in [0.1, 0.15) is 49.9 Å². The van der Waals surface area contributed by atoms with E-state index in [1.807, 2.05) is 44.2 Å². The highest BCUT2D eigenvalue weighted by Gasteiger charge is 2.22. The number of fused-ring (bicyclic) bond motifs is 1. The first-order chi connectivity index (χ1) is 17.0. The molecule has 0 unspecified atom stereocenters.